The Morgan fingerprint density at radius 3 is 2.23 bits per heavy atom. The van der Waals surface area contributed by atoms with Gasteiger partial charge in [-0.1, -0.05) is 75.9 Å². The summed E-state index contributed by atoms with van der Waals surface area (Å²) in [4.78, 5) is 0. The molecule has 0 N–H and O–H groups in total. The molecule has 0 fully saturated rings. The number of hydrogen-bond acceptors (Lipinski definition) is 1. The van der Waals surface area contributed by atoms with Gasteiger partial charge in [-0.05, 0) is 55.7 Å². The average Bonchev–Trinajstić information content (AvgIpc) is 2.92. The van der Waals surface area contributed by atoms with Gasteiger partial charge >= 0.3 is 0 Å². The van der Waals surface area contributed by atoms with Gasteiger partial charge in [-0.2, -0.15) is 0 Å². The lowest BCUT2D eigenvalue weighted by atomic mass is 9.76. The van der Waals surface area contributed by atoms with Crippen LogP contribution in [0, 0.1) is 11.3 Å². The molecular weight excluding hydrogens is 316 g/mol. The van der Waals surface area contributed by atoms with E-state index in [1.54, 1.807) is 0 Å². The minimum atomic E-state index is 0.383. The zero-order valence-electron chi connectivity index (χ0n) is 17.1. The monoisotopic (exact) mass is 348 g/mol. The van der Waals surface area contributed by atoms with E-state index in [1.807, 2.05) is 38.1 Å². The Hall–Kier alpha value is -2.28. The molecule has 0 amide bonds. The van der Waals surface area contributed by atoms with Gasteiger partial charge in [0.2, 0.25) is 0 Å². The van der Waals surface area contributed by atoms with E-state index in [1.165, 1.54) is 16.7 Å². The minimum Gasteiger partial charge on any atom is -0.456 e. The number of fused-ring (bicyclic) bond motifs is 1. The number of furan rings is 1. The molecule has 26 heavy (non-hydrogen) atoms. The molecule has 0 spiro atoms. The van der Waals surface area contributed by atoms with Gasteiger partial charge < -0.3 is 4.42 Å². The zero-order valence-corrected chi connectivity index (χ0v) is 17.1. The van der Waals surface area contributed by atoms with Crippen LogP contribution in [0.1, 0.15) is 48.0 Å². The highest BCUT2D eigenvalue weighted by Gasteiger charge is 2.22. The quantitative estimate of drug-likeness (QED) is 0.603. The largest absolute Gasteiger partial charge is 0.456 e. The predicted octanol–water partition coefficient (Wildman–Crippen LogP) is 6.14. The van der Waals surface area contributed by atoms with Crippen molar-refractivity contribution in [3.8, 4) is 0 Å². The second-order valence-electron chi connectivity index (χ2n) is 8.41. The van der Waals surface area contributed by atoms with E-state index >= 15 is 0 Å². The van der Waals surface area contributed by atoms with Gasteiger partial charge in [-0.15, -0.1) is 0 Å². The van der Waals surface area contributed by atoms with Crippen molar-refractivity contribution in [1.29, 1.82) is 0 Å². The van der Waals surface area contributed by atoms with Crippen molar-refractivity contribution >= 4 is 23.1 Å². The Bertz CT molecular complexity index is 954. The van der Waals surface area contributed by atoms with Gasteiger partial charge in [0.1, 0.15) is 11.0 Å². The maximum absolute atomic E-state index is 5.66. The molecule has 2 aromatic rings. The average molecular weight is 349 g/mol. The van der Waals surface area contributed by atoms with E-state index in [-0.39, 0.29) is 0 Å². The van der Waals surface area contributed by atoms with Crippen molar-refractivity contribution in [2.45, 2.75) is 48.0 Å². The summed E-state index contributed by atoms with van der Waals surface area (Å²) in [6.07, 6.45) is 7.99. The lowest BCUT2D eigenvalue weighted by Crippen LogP contribution is -2.19. The second-order valence-corrected chi connectivity index (χ2v) is 8.41. The Kier molecular flexibility index (Phi) is 6.13. The molecule has 1 aromatic carbocycles. The van der Waals surface area contributed by atoms with Gasteiger partial charge in [0, 0.05) is 10.6 Å². The summed E-state index contributed by atoms with van der Waals surface area (Å²) in [5.41, 5.74) is 5.86. The molecular formula is C25H32O. The van der Waals surface area contributed by atoms with E-state index in [2.05, 4.69) is 59.1 Å². The highest BCUT2D eigenvalue weighted by atomic mass is 16.3. The van der Waals surface area contributed by atoms with E-state index < -0.39 is 0 Å². The summed E-state index contributed by atoms with van der Waals surface area (Å²) in [5.74, 6) is 0.676. The van der Waals surface area contributed by atoms with Crippen LogP contribution in [0.3, 0.4) is 0 Å². The molecule has 1 heterocycles. The maximum Gasteiger partial charge on any atom is 0.135 e. The third-order valence-corrected chi connectivity index (χ3v) is 4.86. The first kappa shape index (κ1) is 20.0. The van der Waals surface area contributed by atoms with E-state index in [0.717, 1.165) is 28.0 Å². The normalized spacial score (nSPS) is 16.7. The molecule has 1 aliphatic rings. The van der Waals surface area contributed by atoms with Crippen LogP contribution in [0.25, 0.3) is 23.1 Å². The Morgan fingerprint density at radius 1 is 1.12 bits per heavy atom. The van der Waals surface area contributed by atoms with E-state index in [0.29, 0.717) is 11.3 Å². The van der Waals surface area contributed by atoms with Gasteiger partial charge in [-0.25, -0.2) is 0 Å². The molecule has 0 aliphatic heterocycles. The van der Waals surface area contributed by atoms with Crippen LogP contribution in [0.4, 0.5) is 0 Å². The molecule has 1 heteroatoms. The molecule has 0 saturated carbocycles. The third kappa shape index (κ3) is 4.66. The molecule has 0 radical (unpaired) electrons. The molecule has 0 bridgehead atoms. The fourth-order valence-electron chi connectivity index (χ4n) is 3.08. The summed E-state index contributed by atoms with van der Waals surface area (Å²) in [6, 6.07) is 7.98. The first-order chi connectivity index (χ1) is 12.1. The van der Waals surface area contributed by atoms with Crippen molar-refractivity contribution in [2.75, 3.05) is 0 Å². The van der Waals surface area contributed by atoms with Crippen molar-refractivity contribution in [3.63, 3.8) is 0 Å². The minimum absolute atomic E-state index is 0.383. The topological polar surface area (TPSA) is 13.1 Å². The molecule has 0 saturated heterocycles. The fourth-order valence-corrected chi connectivity index (χ4v) is 3.08. The number of hydrogen-bond donors (Lipinski definition) is 0. The van der Waals surface area contributed by atoms with Crippen molar-refractivity contribution < 1.29 is 4.42 Å². The maximum atomic E-state index is 5.66. The third-order valence-electron chi connectivity index (χ3n) is 4.86. The van der Waals surface area contributed by atoms with Gasteiger partial charge in [0.05, 0.1) is 0 Å². The molecule has 1 atom stereocenters. The number of para-hydroxylation sites is 1. The van der Waals surface area contributed by atoms with Crippen LogP contribution in [0.15, 0.2) is 64.6 Å². The molecule has 1 aromatic heterocycles. The van der Waals surface area contributed by atoms with Crippen LogP contribution < -0.4 is 10.6 Å². The lowest BCUT2D eigenvalue weighted by molar-refractivity contribution is 0.293. The van der Waals surface area contributed by atoms with Gasteiger partial charge in [0.25, 0.3) is 0 Å². The standard InChI is InChI=1S/C13H20.C12H12O/c1-10(2)11-6-8-12(9-7-11)13(3,4)5;1-8(2)12-9(3)10-6-4-5-7-11(10)13-12/h6-8,12H,1,9H2,2-5H3;4-7H,3H2,1-2H3. The molecule has 1 aliphatic carbocycles. The van der Waals surface area contributed by atoms with Crippen molar-refractivity contribution in [2.24, 2.45) is 11.3 Å². The molecule has 138 valence electrons. The number of allylic oxidation sites excluding steroid dienone is 5. The van der Waals surface area contributed by atoms with Crippen LogP contribution >= 0.6 is 0 Å². The van der Waals surface area contributed by atoms with Gasteiger partial charge in [-0.3, -0.25) is 0 Å². The van der Waals surface area contributed by atoms with E-state index in [9.17, 15) is 0 Å². The lowest BCUT2D eigenvalue weighted by Gasteiger charge is -2.29. The van der Waals surface area contributed by atoms with Crippen LogP contribution in [-0.4, -0.2) is 0 Å². The second kappa shape index (κ2) is 7.95. The zero-order chi connectivity index (χ0) is 19.5. The van der Waals surface area contributed by atoms with Crippen molar-refractivity contribution in [1.82, 2.24) is 0 Å². The highest BCUT2D eigenvalue weighted by Crippen LogP contribution is 2.34. The predicted molar refractivity (Wildman–Crippen MR) is 115 cm³/mol. The SMILES string of the molecule is C=C(C)C1=CCC(C(C)(C)C)C=C1.C=c1c(=C(C)C)oc2ccccc12. The fraction of sp³-hybridized carbons (Fsp3) is 0.360. The molecule has 1 unspecified atom stereocenters. The number of benzene rings is 1. The summed E-state index contributed by atoms with van der Waals surface area (Å²) in [6.45, 7) is 21.0. The van der Waals surface area contributed by atoms with Crippen LogP contribution in [0.2, 0.25) is 0 Å². The highest BCUT2D eigenvalue weighted by molar-refractivity contribution is 5.78. The number of rotatable bonds is 1. The Balaban J connectivity index is 0.000000187. The Morgan fingerprint density at radius 2 is 1.77 bits per heavy atom. The Labute approximate surface area is 158 Å². The summed E-state index contributed by atoms with van der Waals surface area (Å²) in [7, 11) is 0. The first-order valence-corrected chi connectivity index (χ1v) is 9.29. The summed E-state index contributed by atoms with van der Waals surface area (Å²) >= 11 is 0. The first-order valence-electron chi connectivity index (χ1n) is 9.29. The smallest absolute Gasteiger partial charge is 0.135 e. The molecule has 1 nitrogen and oxygen atoms in total. The van der Waals surface area contributed by atoms with Crippen LogP contribution in [-0.2, 0) is 0 Å². The van der Waals surface area contributed by atoms with E-state index in [4.69, 9.17) is 4.42 Å². The molecule has 3 rings (SSSR count). The summed E-state index contributed by atoms with van der Waals surface area (Å²) < 4.78 is 5.66. The van der Waals surface area contributed by atoms with Crippen LogP contribution in [0.5, 0.6) is 0 Å². The van der Waals surface area contributed by atoms with Gasteiger partial charge in [0.15, 0.2) is 0 Å². The van der Waals surface area contributed by atoms with Crippen molar-refractivity contribution in [3.05, 3.63) is 70.9 Å². The summed E-state index contributed by atoms with van der Waals surface area (Å²) in [5, 5.41) is 2.11.